The normalized spacial score (nSPS) is 14.3. The number of aromatic nitrogens is 4. The molecule has 3 aromatic heterocycles. The zero-order valence-corrected chi connectivity index (χ0v) is 20.8. The molecule has 1 aliphatic rings. The number of hydrogen-bond acceptors (Lipinski definition) is 9. The van der Waals surface area contributed by atoms with Crippen molar-refractivity contribution in [2.45, 2.75) is 17.3 Å². The van der Waals surface area contributed by atoms with Gasteiger partial charge in [-0.25, -0.2) is 4.98 Å². The van der Waals surface area contributed by atoms with Crippen molar-refractivity contribution in [1.29, 1.82) is 0 Å². The number of rotatable bonds is 10. The van der Waals surface area contributed by atoms with E-state index < -0.39 is 0 Å². The van der Waals surface area contributed by atoms with Crippen LogP contribution in [0.4, 0.5) is 0 Å². The van der Waals surface area contributed by atoms with Gasteiger partial charge in [-0.2, -0.15) is 0 Å². The number of nitrogens with one attached hydrogen (secondary N) is 1. The van der Waals surface area contributed by atoms with Crippen LogP contribution in [0.2, 0.25) is 0 Å². The van der Waals surface area contributed by atoms with Gasteiger partial charge >= 0.3 is 0 Å². The summed E-state index contributed by atoms with van der Waals surface area (Å²) < 4.78 is 13.0. The zero-order chi connectivity index (χ0) is 23.9. The molecular weight excluding hydrogens is 484 g/mol. The Kier molecular flexibility index (Phi) is 7.89. The quantitative estimate of drug-likeness (QED) is 0.255. The summed E-state index contributed by atoms with van der Waals surface area (Å²) in [5, 5.41) is 14.5. The van der Waals surface area contributed by atoms with E-state index in [-0.39, 0.29) is 11.6 Å². The Labute approximate surface area is 211 Å². The van der Waals surface area contributed by atoms with E-state index in [1.54, 1.807) is 11.3 Å². The third-order valence-corrected chi connectivity index (χ3v) is 7.32. The second kappa shape index (κ2) is 11.6. The lowest BCUT2D eigenvalue weighted by Crippen LogP contribution is -2.38. The van der Waals surface area contributed by atoms with Crippen molar-refractivity contribution >= 4 is 29.0 Å². The van der Waals surface area contributed by atoms with Gasteiger partial charge in [0, 0.05) is 25.3 Å². The number of benzene rings is 1. The lowest BCUT2D eigenvalue weighted by Gasteiger charge is -2.26. The highest BCUT2D eigenvalue weighted by molar-refractivity contribution is 7.98. The number of thiophene rings is 1. The number of oxazole rings is 1. The zero-order valence-electron chi connectivity index (χ0n) is 19.1. The molecule has 1 N–H and O–H groups in total. The van der Waals surface area contributed by atoms with Gasteiger partial charge in [-0.05, 0) is 36.5 Å². The molecule has 9 nitrogen and oxygen atoms in total. The Morgan fingerprint density at radius 2 is 1.97 bits per heavy atom. The molecule has 11 heteroatoms. The van der Waals surface area contributed by atoms with Gasteiger partial charge in [0.1, 0.15) is 6.26 Å². The van der Waals surface area contributed by atoms with Crippen LogP contribution in [0.15, 0.2) is 63.7 Å². The van der Waals surface area contributed by atoms with E-state index in [4.69, 9.17) is 9.15 Å². The molecule has 0 unspecified atom stereocenters. The van der Waals surface area contributed by atoms with Crippen LogP contribution in [-0.2, 0) is 10.5 Å². The number of morpholine rings is 1. The molecule has 1 aliphatic heterocycles. The third-order valence-electron chi connectivity index (χ3n) is 5.54. The average Bonchev–Trinajstić information content (AvgIpc) is 3.67. The van der Waals surface area contributed by atoms with E-state index in [0.29, 0.717) is 18.2 Å². The first-order valence-corrected chi connectivity index (χ1v) is 13.3. The Bertz CT molecular complexity index is 1220. The summed E-state index contributed by atoms with van der Waals surface area (Å²) in [6, 6.07) is 14.0. The fraction of sp³-hybridized carbons (Fsp3) is 0.333. The number of hydrogen-bond donors (Lipinski definition) is 1. The molecule has 0 spiro atoms. The summed E-state index contributed by atoms with van der Waals surface area (Å²) in [6.07, 6.45) is 2.29. The van der Waals surface area contributed by atoms with Crippen LogP contribution in [0.25, 0.3) is 16.4 Å². The summed E-state index contributed by atoms with van der Waals surface area (Å²) in [7, 11) is 0. The molecule has 1 amide bonds. The van der Waals surface area contributed by atoms with Crippen molar-refractivity contribution in [3.8, 4) is 16.4 Å². The summed E-state index contributed by atoms with van der Waals surface area (Å²) in [5.74, 6) is 1.46. The van der Waals surface area contributed by atoms with E-state index in [2.05, 4.69) is 25.4 Å². The smallest absolute Gasteiger partial charge is 0.273 e. The van der Waals surface area contributed by atoms with E-state index >= 15 is 0 Å². The summed E-state index contributed by atoms with van der Waals surface area (Å²) >= 11 is 3.08. The van der Waals surface area contributed by atoms with Crippen LogP contribution < -0.4 is 5.32 Å². The first-order chi connectivity index (χ1) is 17.3. The molecule has 0 radical (unpaired) electrons. The molecule has 4 aromatic rings. The van der Waals surface area contributed by atoms with E-state index in [0.717, 1.165) is 60.8 Å². The minimum atomic E-state index is -0.223. The maximum absolute atomic E-state index is 12.5. The Balaban J connectivity index is 1.18. The topological polar surface area (TPSA) is 98.3 Å². The molecular formula is C24H26N6O3S2. The molecule has 35 heavy (non-hydrogen) atoms. The molecule has 0 atom stereocenters. The van der Waals surface area contributed by atoms with E-state index in [1.807, 2.05) is 52.4 Å². The first-order valence-electron chi connectivity index (χ1n) is 11.5. The lowest BCUT2D eigenvalue weighted by molar-refractivity contribution is 0.0374. The molecule has 1 fully saturated rings. The highest BCUT2D eigenvalue weighted by atomic mass is 32.2. The second-order valence-corrected chi connectivity index (χ2v) is 9.82. The minimum absolute atomic E-state index is 0.223. The van der Waals surface area contributed by atoms with Crippen molar-refractivity contribution in [3.63, 3.8) is 0 Å². The second-order valence-electron chi connectivity index (χ2n) is 7.93. The number of carbonyl (C=O) groups excluding carboxylic acids is 1. The number of amides is 1. The molecule has 5 rings (SSSR count). The van der Waals surface area contributed by atoms with Crippen molar-refractivity contribution in [2.24, 2.45) is 0 Å². The number of nitrogens with zero attached hydrogens (tertiary/aromatic N) is 5. The standard InChI is InChI=1S/C24H26N6O3S2/c31-23(25-9-5-10-29-11-13-32-14-12-29)19-16-33-21(26-19)17-35-24-28-27-22(20-8-4-15-34-20)30(24)18-6-2-1-3-7-18/h1-4,6-8,15-16H,5,9-14,17H2,(H,25,31). The van der Waals surface area contributed by atoms with Crippen LogP contribution in [0.5, 0.6) is 0 Å². The highest BCUT2D eigenvalue weighted by Crippen LogP contribution is 2.31. The monoisotopic (exact) mass is 510 g/mol. The van der Waals surface area contributed by atoms with Gasteiger partial charge in [-0.3, -0.25) is 14.3 Å². The van der Waals surface area contributed by atoms with Crippen LogP contribution in [-0.4, -0.2) is 69.9 Å². The van der Waals surface area contributed by atoms with Gasteiger partial charge in [-0.15, -0.1) is 21.5 Å². The summed E-state index contributed by atoms with van der Waals surface area (Å²) in [4.78, 5) is 20.2. The Morgan fingerprint density at radius 3 is 2.77 bits per heavy atom. The van der Waals surface area contributed by atoms with Gasteiger partial charge in [-0.1, -0.05) is 36.0 Å². The van der Waals surface area contributed by atoms with Crippen molar-refractivity contribution < 1.29 is 13.9 Å². The molecule has 1 saturated heterocycles. The lowest BCUT2D eigenvalue weighted by atomic mass is 10.3. The number of para-hydroxylation sites is 1. The van der Waals surface area contributed by atoms with Crippen LogP contribution in [0, 0.1) is 0 Å². The average molecular weight is 511 g/mol. The van der Waals surface area contributed by atoms with E-state index in [1.165, 1.54) is 18.0 Å². The Morgan fingerprint density at radius 1 is 1.11 bits per heavy atom. The number of thioether (sulfide) groups is 1. The van der Waals surface area contributed by atoms with Gasteiger partial charge in [0.15, 0.2) is 16.7 Å². The predicted molar refractivity (Wildman–Crippen MR) is 135 cm³/mol. The largest absolute Gasteiger partial charge is 0.447 e. The van der Waals surface area contributed by atoms with E-state index in [9.17, 15) is 4.79 Å². The molecule has 1 aromatic carbocycles. The van der Waals surface area contributed by atoms with Crippen LogP contribution >= 0.6 is 23.1 Å². The van der Waals surface area contributed by atoms with Crippen molar-refractivity contribution in [1.82, 2.24) is 30.0 Å². The number of carbonyl (C=O) groups is 1. The molecule has 0 aliphatic carbocycles. The molecule has 182 valence electrons. The van der Waals surface area contributed by atoms with Crippen LogP contribution in [0.3, 0.4) is 0 Å². The van der Waals surface area contributed by atoms with Gasteiger partial charge < -0.3 is 14.5 Å². The highest BCUT2D eigenvalue weighted by Gasteiger charge is 2.19. The Hall–Kier alpha value is -2.99. The van der Waals surface area contributed by atoms with Crippen molar-refractivity contribution in [3.05, 3.63) is 65.7 Å². The fourth-order valence-corrected chi connectivity index (χ4v) is 5.27. The van der Waals surface area contributed by atoms with Gasteiger partial charge in [0.2, 0.25) is 5.89 Å². The SMILES string of the molecule is O=C(NCCCN1CCOCC1)c1coc(CSc2nnc(-c3cccs3)n2-c2ccccc2)n1. The maximum atomic E-state index is 12.5. The third kappa shape index (κ3) is 5.99. The summed E-state index contributed by atoms with van der Waals surface area (Å²) in [6.45, 7) is 5.00. The van der Waals surface area contributed by atoms with Crippen molar-refractivity contribution in [2.75, 3.05) is 39.4 Å². The molecule has 0 saturated carbocycles. The maximum Gasteiger partial charge on any atom is 0.273 e. The van der Waals surface area contributed by atoms with Crippen LogP contribution in [0.1, 0.15) is 22.8 Å². The molecule has 0 bridgehead atoms. The minimum Gasteiger partial charge on any atom is -0.447 e. The first kappa shape index (κ1) is 23.7. The molecule has 4 heterocycles. The summed E-state index contributed by atoms with van der Waals surface area (Å²) in [5.41, 5.74) is 1.27. The van der Waals surface area contributed by atoms with Gasteiger partial charge in [0.05, 0.1) is 23.8 Å². The number of ether oxygens (including phenoxy) is 1. The predicted octanol–water partition coefficient (Wildman–Crippen LogP) is 3.73. The fourth-order valence-electron chi connectivity index (χ4n) is 3.77. The van der Waals surface area contributed by atoms with Gasteiger partial charge in [0.25, 0.3) is 5.91 Å².